The van der Waals surface area contributed by atoms with Crippen LogP contribution in [0.25, 0.3) is 0 Å². The van der Waals surface area contributed by atoms with Crippen molar-refractivity contribution in [2.24, 2.45) is 5.73 Å². The smallest absolute Gasteiger partial charge is 0.131 e. The van der Waals surface area contributed by atoms with Crippen molar-refractivity contribution in [3.8, 4) is 0 Å². The van der Waals surface area contributed by atoms with E-state index in [-0.39, 0.29) is 6.04 Å². The standard InChI is InChI=1S/C12H19N3/c1-7(2)12-14-8(3)11-9(13)5-4-6-10(11)15-12/h7,9H,4-6,13H2,1-3H3. The summed E-state index contributed by atoms with van der Waals surface area (Å²) >= 11 is 0. The molecule has 0 radical (unpaired) electrons. The third kappa shape index (κ3) is 1.88. The van der Waals surface area contributed by atoms with Crippen LogP contribution >= 0.6 is 0 Å². The van der Waals surface area contributed by atoms with Gasteiger partial charge in [-0.2, -0.15) is 0 Å². The van der Waals surface area contributed by atoms with Gasteiger partial charge in [-0.1, -0.05) is 13.8 Å². The average molecular weight is 205 g/mol. The Labute approximate surface area is 91.1 Å². The van der Waals surface area contributed by atoms with Crippen molar-refractivity contribution >= 4 is 0 Å². The molecular weight excluding hydrogens is 186 g/mol. The molecule has 0 bridgehead atoms. The van der Waals surface area contributed by atoms with Crippen LogP contribution in [0.15, 0.2) is 0 Å². The van der Waals surface area contributed by atoms with Crippen molar-refractivity contribution < 1.29 is 0 Å². The topological polar surface area (TPSA) is 51.8 Å². The fourth-order valence-corrected chi connectivity index (χ4v) is 2.23. The fourth-order valence-electron chi connectivity index (χ4n) is 2.23. The Bertz CT molecular complexity index is 371. The molecule has 0 saturated heterocycles. The molecule has 1 aromatic heterocycles. The van der Waals surface area contributed by atoms with Crippen molar-refractivity contribution in [1.82, 2.24) is 9.97 Å². The monoisotopic (exact) mass is 205 g/mol. The van der Waals surface area contributed by atoms with E-state index in [4.69, 9.17) is 5.73 Å². The van der Waals surface area contributed by atoms with E-state index in [9.17, 15) is 0 Å². The van der Waals surface area contributed by atoms with Crippen LogP contribution in [0.2, 0.25) is 0 Å². The van der Waals surface area contributed by atoms with Crippen LogP contribution in [-0.4, -0.2) is 9.97 Å². The minimum absolute atomic E-state index is 0.148. The molecule has 1 aliphatic carbocycles. The highest BCUT2D eigenvalue weighted by molar-refractivity contribution is 5.31. The number of aryl methyl sites for hydroxylation is 2. The average Bonchev–Trinajstić information content (AvgIpc) is 2.17. The Morgan fingerprint density at radius 3 is 2.73 bits per heavy atom. The van der Waals surface area contributed by atoms with Crippen LogP contribution in [0.1, 0.15) is 61.4 Å². The van der Waals surface area contributed by atoms with Gasteiger partial charge in [-0.05, 0) is 26.2 Å². The van der Waals surface area contributed by atoms with Gasteiger partial charge in [-0.25, -0.2) is 9.97 Å². The van der Waals surface area contributed by atoms with Gasteiger partial charge in [0.1, 0.15) is 5.82 Å². The fraction of sp³-hybridized carbons (Fsp3) is 0.667. The van der Waals surface area contributed by atoms with Crippen molar-refractivity contribution in [3.63, 3.8) is 0 Å². The number of aromatic nitrogens is 2. The maximum absolute atomic E-state index is 6.09. The second kappa shape index (κ2) is 3.89. The molecule has 0 saturated carbocycles. The maximum Gasteiger partial charge on any atom is 0.131 e. The molecule has 82 valence electrons. The molecule has 0 aromatic carbocycles. The Balaban J connectivity index is 2.51. The molecule has 1 heterocycles. The number of fused-ring (bicyclic) bond motifs is 1. The lowest BCUT2D eigenvalue weighted by Crippen LogP contribution is -2.22. The summed E-state index contributed by atoms with van der Waals surface area (Å²) < 4.78 is 0. The van der Waals surface area contributed by atoms with Crippen LogP contribution in [0.3, 0.4) is 0 Å². The first kappa shape index (κ1) is 10.6. The molecule has 0 spiro atoms. The highest BCUT2D eigenvalue weighted by Gasteiger charge is 2.22. The van der Waals surface area contributed by atoms with E-state index in [1.54, 1.807) is 0 Å². The summed E-state index contributed by atoms with van der Waals surface area (Å²) in [5.41, 5.74) is 9.56. The first-order valence-corrected chi connectivity index (χ1v) is 5.72. The minimum Gasteiger partial charge on any atom is -0.324 e. The molecule has 1 unspecified atom stereocenters. The number of nitrogens with two attached hydrogens (primary N) is 1. The van der Waals surface area contributed by atoms with Crippen LogP contribution in [0.4, 0.5) is 0 Å². The first-order chi connectivity index (χ1) is 7.09. The highest BCUT2D eigenvalue weighted by Crippen LogP contribution is 2.29. The number of hydrogen-bond acceptors (Lipinski definition) is 3. The van der Waals surface area contributed by atoms with E-state index < -0.39 is 0 Å². The SMILES string of the molecule is Cc1nc(C(C)C)nc2c1C(N)CCC2. The van der Waals surface area contributed by atoms with Crippen LogP contribution in [0, 0.1) is 6.92 Å². The molecule has 0 fully saturated rings. The Hall–Kier alpha value is -0.960. The van der Waals surface area contributed by atoms with Crippen molar-refractivity contribution in [3.05, 3.63) is 22.8 Å². The van der Waals surface area contributed by atoms with E-state index in [0.29, 0.717) is 5.92 Å². The van der Waals surface area contributed by atoms with E-state index in [1.807, 2.05) is 0 Å². The lowest BCUT2D eigenvalue weighted by Gasteiger charge is -2.23. The van der Waals surface area contributed by atoms with Crippen molar-refractivity contribution in [2.75, 3.05) is 0 Å². The Morgan fingerprint density at radius 2 is 2.07 bits per heavy atom. The molecule has 0 aliphatic heterocycles. The molecule has 15 heavy (non-hydrogen) atoms. The Kier molecular flexibility index (Phi) is 2.74. The van der Waals surface area contributed by atoms with Gasteiger partial charge in [0.2, 0.25) is 0 Å². The third-order valence-corrected chi connectivity index (χ3v) is 3.05. The summed E-state index contributed by atoms with van der Waals surface area (Å²) in [6.45, 7) is 6.31. The molecule has 2 N–H and O–H groups in total. The second-order valence-corrected chi connectivity index (χ2v) is 4.68. The number of nitrogens with zero attached hydrogens (tertiary/aromatic N) is 2. The van der Waals surface area contributed by atoms with Gasteiger partial charge in [-0.3, -0.25) is 0 Å². The van der Waals surface area contributed by atoms with Crippen molar-refractivity contribution in [2.45, 2.75) is 52.0 Å². The zero-order chi connectivity index (χ0) is 11.0. The maximum atomic E-state index is 6.09. The zero-order valence-corrected chi connectivity index (χ0v) is 9.75. The number of rotatable bonds is 1. The normalized spacial score (nSPS) is 20.5. The summed E-state index contributed by atoms with van der Waals surface area (Å²) in [7, 11) is 0. The molecule has 1 aromatic rings. The lowest BCUT2D eigenvalue weighted by atomic mass is 9.90. The molecule has 2 rings (SSSR count). The van der Waals surface area contributed by atoms with Crippen LogP contribution < -0.4 is 5.73 Å². The molecule has 1 atom stereocenters. The number of hydrogen-bond donors (Lipinski definition) is 1. The third-order valence-electron chi connectivity index (χ3n) is 3.05. The summed E-state index contributed by atoms with van der Waals surface area (Å²) in [6.07, 6.45) is 3.28. The van der Waals surface area contributed by atoms with Gasteiger partial charge < -0.3 is 5.73 Å². The summed E-state index contributed by atoms with van der Waals surface area (Å²) in [4.78, 5) is 9.18. The molecule has 3 heteroatoms. The first-order valence-electron chi connectivity index (χ1n) is 5.72. The van der Waals surface area contributed by atoms with Crippen LogP contribution in [-0.2, 0) is 6.42 Å². The van der Waals surface area contributed by atoms with E-state index in [1.165, 1.54) is 11.3 Å². The van der Waals surface area contributed by atoms with Crippen LogP contribution in [0.5, 0.6) is 0 Å². The molecular formula is C12H19N3. The minimum atomic E-state index is 0.148. The van der Waals surface area contributed by atoms with Gasteiger partial charge in [0.05, 0.1) is 0 Å². The highest BCUT2D eigenvalue weighted by atomic mass is 14.9. The molecule has 1 aliphatic rings. The van der Waals surface area contributed by atoms with Gasteiger partial charge in [0.25, 0.3) is 0 Å². The predicted molar refractivity (Wildman–Crippen MR) is 60.7 cm³/mol. The van der Waals surface area contributed by atoms with E-state index in [2.05, 4.69) is 30.7 Å². The summed E-state index contributed by atoms with van der Waals surface area (Å²) in [5, 5.41) is 0. The molecule has 3 nitrogen and oxygen atoms in total. The summed E-state index contributed by atoms with van der Waals surface area (Å²) in [6, 6.07) is 0.148. The van der Waals surface area contributed by atoms with E-state index >= 15 is 0 Å². The van der Waals surface area contributed by atoms with Gasteiger partial charge in [-0.15, -0.1) is 0 Å². The van der Waals surface area contributed by atoms with Gasteiger partial charge >= 0.3 is 0 Å². The Morgan fingerprint density at radius 1 is 1.33 bits per heavy atom. The lowest BCUT2D eigenvalue weighted by molar-refractivity contribution is 0.545. The van der Waals surface area contributed by atoms with E-state index in [0.717, 1.165) is 30.8 Å². The quantitative estimate of drug-likeness (QED) is 0.765. The molecule has 0 amide bonds. The zero-order valence-electron chi connectivity index (χ0n) is 9.75. The largest absolute Gasteiger partial charge is 0.324 e. The summed E-state index contributed by atoms with van der Waals surface area (Å²) in [5.74, 6) is 1.35. The van der Waals surface area contributed by atoms with Crippen molar-refractivity contribution in [1.29, 1.82) is 0 Å². The predicted octanol–water partition coefficient (Wildman–Crippen LogP) is 2.24. The van der Waals surface area contributed by atoms with Gasteiger partial charge in [0.15, 0.2) is 0 Å². The second-order valence-electron chi connectivity index (χ2n) is 4.68. The van der Waals surface area contributed by atoms with Gasteiger partial charge in [0, 0.05) is 28.9 Å².